The first-order chi connectivity index (χ1) is 15.5. The third kappa shape index (κ3) is 5.07. The van der Waals surface area contributed by atoms with Crippen LogP contribution < -0.4 is 9.64 Å². The highest BCUT2D eigenvalue weighted by Crippen LogP contribution is 2.31. The molecule has 32 heavy (non-hydrogen) atoms. The number of carbonyl (C=O) groups is 3. The third-order valence-electron chi connectivity index (χ3n) is 5.84. The van der Waals surface area contributed by atoms with Crippen molar-refractivity contribution in [3.8, 4) is 5.75 Å². The van der Waals surface area contributed by atoms with Gasteiger partial charge in [0.15, 0.2) is 0 Å². The molecule has 3 amide bonds. The van der Waals surface area contributed by atoms with Crippen LogP contribution in [-0.4, -0.2) is 66.9 Å². The Kier molecular flexibility index (Phi) is 6.68. The molecule has 0 spiro atoms. The van der Waals surface area contributed by atoms with Crippen LogP contribution in [-0.2, 0) is 20.8 Å². The molecule has 2 aliphatic heterocycles. The van der Waals surface area contributed by atoms with E-state index in [0.717, 1.165) is 11.3 Å². The van der Waals surface area contributed by atoms with Crippen LogP contribution >= 0.6 is 0 Å². The molecule has 0 saturated carbocycles. The van der Waals surface area contributed by atoms with Gasteiger partial charge in [-0.05, 0) is 29.8 Å². The Balaban J connectivity index is 1.23. The van der Waals surface area contributed by atoms with Crippen LogP contribution in [0.3, 0.4) is 0 Å². The quantitative estimate of drug-likeness (QED) is 0.717. The fourth-order valence-corrected chi connectivity index (χ4v) is 4.03. The van der Waals surface area contributed by atoms with Gasteiger partial charge in [-0.15, -0.1) is 0 Å². The zero-order valence-corrected chi connectivity index (χ0v) is 17.8. The number of para-hydroxylation sites is 2. The molecule has 1 saturated heterocycles. The molecule has 0 N–H and O–H groups in total. The van der Waals surface area contributed by atoms with Gasteiger partial charge in [0, 0.05) is 39.0 Å². The van der Waals surface area contributed by atoms with E-state index in [2.05, 4.69) is 0 Å². The molecule has 0 aliphatic carbocycles. The largest absolute Gasteiger partial charge is 0.490 e. The van der Waals surface area contributed by atoms with E-state index in [1.54, 1.807) is 26.8 Å². The van der Waals surface area contributed by atoms with Crippen molar-refractivity contribution < 1.29 is 23.5 Å². The fraction of sp³-hybridized carbons (Fsp3) is 0.375. The maximum atomic E-state index is 13.0. The predicted octanol–water partition coefficient (Wildman–Crippen LogP) is 2.24. The molecular formula is C24H26FN3O4. The summed E-state index contributed by atoms with van der Waals surface area (Å²) >= 11 is 0. The molecule has 0 bridgehead atoms. The molecule has 2 aliphatic rings. The number of nitrogens with zero attached hydrogens (tertiary/aromatic N) is 3. The van der Waals surface area contributed by atoms with E-state index < -0.39 is 0 Å². The Morgan fingerprint density at radius 1 is 0.781 bits per heavy atom. The molecule has 0 aromatic heterocycles. The second-order valence-corrected chi connectivity index (χ2v) is 7.93. The number of halogens is 1. The number of amides is 3. The number of rotatable bonds is 5. The SMILES string of the molecule is O=C(CCC(=O)N1CCOc2ccccc21)N1CCN(C(=O)Cc2ccc(F)cc2)CC1. The minimum atomic E-state index is -0.329. The number of carbonyl (C=O) groups excluding carboxylic acids is 3. The molecule has 7 nitrogen and oxygen atoms in total. The molecule has 0 radical (unpaired) electrons. The summed E-state index contributed by atoms with van der Waals surface area (Å²) in [6, 6.07) is 13.3. The molecule has 0 unspecified atom stereocenters. The van der Waals surface area contributed by atoms with Crippen molar-refractivity contribution in [2.45, 2.75) is 19.3 Å². The standard InChI is InChI=1S/C24H26FN3O4/c25-19-7-5-18(6-8-19)17-24(31)27-13-11-26(12-14-27)22(29)9-10-23(30)28-15-16-32-21-4-2-1-3-20(21)28/h1-8H,9-17H2. The van der Waals surface area contributed by atoms with Gasteiger partial charge in [0.1, 0.15) is 18.2 Å². The Hall–Kier alpha value is -3.42. The number of hydrogen-bond donors (Lipinski definition) is 0. The second kappa shape index (κ2) is 9.80. The van der Waals surface area contributed by atoms with E-state index in [0.29, 0.717) is 45.1 Å². The van der Waals surface area contributed by atoms with Crippen LogP contribution in [0.15, 0.2) is 48.5 Å². The van der Waals surface area contributed by atoms with Gasteiger partial charge in [0.25, 0.3) is 0 Å². The molecule has 0 atom stereocenters. The van der Waals surface area contributed by atoms with E-state index in [1.807, 2.05) is 24.3 Å². The van der Waals surface area contributed by atoms with Crippen LogP contribution in [0.1, 0.15) is 18.4 Å². The molecule has 168 valence electrons. The molecule has 4 rings (SSSR count). The summed E-state index contributed by atoms with van der Waals surface area (Å²) in [4.78, 5) is 42.9. The maximum absolute atomic E-state index is 13.0. The van der Waals surface area contributed by atoms with Crippen LogP contribution in [0.4, 0.5) is 10.1 Å². The highest BCUT2D eigenvalue weighted by atomic mass is 19.1. The number of fused-ring (bicyclic) bond motifs is 1. The first-order valence-corrected chi connectivity index (χ1v) is 10.8. The lowest BCUT2D eigenvalue weighted by Gasteiger charge is -2.35. The van der Waals surface area contributed by atoms with Crippen molar-refractivity contribution in [2.24, 2.45) is 0 Å². The van der Waals surface area contributed by atoms with Crippen molar-refractivity contribution in [3.05, 3.63) is 59.9 Å². The van der Waals surface area contributed by atoms with E-state index in [4.69, 9.17) is 4.74 Å². The normalized spacial score (nSPS) is 15.7. The van der Waals surface area contributed by atoms with Gasteiger partial charge >= 0.3 is 0 Å². The van der Waals surface area contributed by atoms with Gasteiger partial charge in [0.05, 0.1) is 18.7 Å². The lowest BCUT2D eigenvalue weighted by molar-refractivity contribution is -0.139. The van der Waals surface area contributed by atoms with Gasteiger partial charge in [-0.3, -0.25) is 14.4 Å². The summed E-state index contributed by atoms with van der Waals surface area (Å²) in [6.45, 7) is 2.71. The van der Waals surface area contributed by atoms with E-state index in [1.165, 1.54) is 12.1 Å². The predicted molar refractivity (Wildman–Crippen MR) is 117 cm³/mol. The molecule has 8 heteroatoms. The molecular weight excluding hydrogens is 413 g/mol. The Bertz CT molecular complexity index is 987. The number of benzene rings is 2. The first-order valence-electron chi connectivity index (χ1n) is 10.8. The average molecular weight is 439 g/mol. The number of ether oxygens (including phenoxy) is 1. The summed E-state index contributed by atoms with van der Waals surface area (Å²) in [7, 11) is 0. The number of hydrogen-bond acceptors (Lipinski definition) is 4. The number of piperazine rings is 1. The van der Waals surface area contributed by atoms with E-state index in [9.17, 15) is 18.8 Å². The summed E-state index contributed by atoms with van der Waals surface area (Å²) in [5.74, 6) is 0.141. The van der Waals surface area contributed by atoms with Gasteiger partial charge in [-0.1, -0.05) is 24.3 Å². The van der Waals surface area contributed by atoms with Gasteiger partial charge in [-0.25, -0.2) is 4.39 Å². The summed E-state index contributed by atoms with van der Waals surface area (Å²) in [5.41, 5.74) is 1.50. The van der Waals surface area contributed by atoms with Crippen LogP contribution in [0.2, 0.25) is 0 Å². The average Bonchev–Trinajstić information content (AvgIpc) is 2.83. The van der Waals surface area contributed by atoms with E-state index in [-0.39, 0.29) is 42.8 Å². The van der Waals surface area contributed by atoms with Crippen molar-refractivity contribution in [1.29, 1.82) is 0 Å². The maximum Gasteiger partial charge on any atom is 0.227 e. The third-order valence-corrected chi connectivity index (χ3v) is 5.84. The Morgan fingerprint density at radius 3 is 2.12 bits per heavy atom. The zero-order chi connectivity index (χ0) is 22.5. The van der Waals surface area contributed by atoms with Crippen molar-refractivity contribution in [3.63, 3.8) is 0 Å². The van der Waals surface area contributed by atoms with E-state index >= 15 is 0 Å². The molecule has 2 aromatic rings. The zero-order valence-electron chi connectivity index (χ0n) is 17.8. The fourth-order valence-electron chi connectivity index (χ4n) is 4.03. The van der Waals surface area contributed by atoms with Crippen molar-refractivity contribution in [1.82, 2.24) is 9.80 Å². The van der Waals surface area contributed by atoms with Crippen LogP contribution in [0.5, 0.6) is 5.75 Å². The Labute approximate surface area is 186 Å². The van der Waals surface area contributed by atoms with Crippen LogP contribution in [0, 0.1) is 5.82 Å². The van der Waals surface area contributed by atoms with Gasteiger partial charge in [-0.2, -0.15) is 0 Å². The lowest BCUT2D eigenvalue weighted by Crippen LogP contribution is -2.51. The lowest BCUT2D eigenvalue weighted by atomic mass is 10.1. The minimum absolute atomic E-state index is 0.0372. The summed E-state index contributed by atoms with van der Waals surface area (Å²) < 4.78 is 18.6. The van der Waals surface area contributed by atoms with Gasteiger partial charge in [0.2, 0.25) is 17.7 Å². The van der Waals surface area contributed by atoms with Crippen LogP contribution in [0.25, 0.3) is 0 Å². The highest BCUT2D eigenvalue weighted by Gasteiger charge is 2.27. The second-order valence-electron chi connectivity index (χ2n) is 7.93. The highest BCUT2D eigenvalue weighted by molar-refractivity contribution is 5.97. The smallest absolute Gasteiger partial charge is 0.227 e. The summed E-state index contributed by atoms with van der Waals surface area (Å²) in [6.07, 6.45) is 0.489. The topological polar surface area (TPSA) is 70.2 Å². The Morgan fingerprint density at radius 2 is 1.41 bits per heavy atom. The molecule has 1 fully saturated rings. The minimum Gasteiger partial charge on any atom is -0.490 e. The molecule has 2 heterocycles. The monoisotopic (exact) mass is 439 g/mol. The van der Waals surface area contributed by atoms with Crippen molar-refractivity contribution in [2.75, 3.05) is 44.2 Å². The van der Waals surface area contributed by atoms with Gasteiger partial charge < -0.3 is 19.4 Å². The first kappa shape index (κ1) is 21.8. The van der Waals surface area contributed by atoms with Crippen molar-refractivity contribution >= 4 is 23.4 Å². The summed E-state index contributed by atoms with van der Waals surface area (Å²) in [5, 5.41) is 0. The number of anilines is 1. The molecule has 2 aromatic carbocycles.